The summed E-state index contributed by atoms with van der Waals surface area (Å²) in [5, 5.41) is 2.43. The lowest BCUT2D eigenvalue weighted by atomic mass is 10.2. The normalized spacial score (nSPS) is 12.5. The van der Waals surface area contributed by atoms with Crippen molar-refractivity contribution in [3.63, 3.8) is 0 Å². The van der Waals surface area contributed by atoms with Crippen LogP contribution in [0.1, 0.15) is 6.92 Å². The third kappa shape index (κ3) is 5.51. The molecule has 0 heterocycles. The molecule has 0 aliphatic rings. The Morgan fingerprint density at radius 3 is 2.04 bits per heavy atom. The van der Waals surface area contributed by atoms with Gasteiger partial charge in [0.1, 0.15) is 12.7 Å². The third-order valence-electron chi connectivity index (χ3n) is 2.80. The van der Waals surface area contributed by atoms with Gasteiger partial charge < -0.3 is 24.3 Å². The van der Waals surface area contributed by atoms with Crippen molar-refractivity contribution in [1.82, 2.24) is 0 Å². The second kappa shape index (κ2) is 7.91. The summed E-state index contributed by atoms with van der Waals surface area (Å²) in [4.78, 5) is 11.9. The van der Waals surface area contributed by atoms with Crippen LogP contribution >= 0.6 is 0 Å². The minimum atomic E-state index is -4.50. The van der Waals surface area contributed by atoms with Crippen molar-refractivity contribution in [2.24, 2.45) is 0 Å². The molecule has 0 aliphatic heterocycles. The van der Waals surface area contributed by atoms with Crippen LogP contribution in [-0.4, -0.2) is 46.1 Å². The Morgan fingerprint density at radius 2 is 1.65 bits per heavy atom. The number of anilines is 1. The molecule has 1 rings (SSSR count). The van der Waals surface area contributed by atoms with Crippen molar-refractivity contribution >= 4 is 11.6 Å². The van der Waals surface area contributed by atoms with Crippen LogP contribution in [-0.2, 0) is 9.53 Å². The molecule has 1 N–H and O–H groups in total. The van der Waals surface area contributed by atoms with Crippen molar-refractivity contribution in [1.29, 1.82) is 0 Å². The molecule has 1 atom stereocenters. The molecular weight excluding hydrogens is 319 g/mol. The highest BCUT2D eigenvalue weighted by Gasteiger charge is 2.30. The van der Waals surface area contributed by atoms with E-state index in [1.54, 1.807) is 0 Å². The van der Waals surface area contributed by atoms with Gasteiger partial charge in [-0.05, 0) is 6.92 Å². The monoisotopic (exact) mass is 337 g/mol. The molecule has 0 saturated heterocycles. The number of benzene rings is 1. The Kier molecular flexibility index (Phi) is 6.49. The standard InChI is InChI=1S/C14H18F3NO5/c1-8(23-7-14(15,16)17)13(19)18-9-5-10(20-2)12(22-4)11(6-9)21-3/h5-6,8H,7H2,1-4H3,(H,18,19)/t8-/m0/s1. The summed E-state index contributed by atoms with van der Waals surface area (Å²) < 4.78 is 56.1. The first kappa shape index (κ1) is 18.9. The number of nitrogens with one attached hydrogen (secondary N) is 1. The molecule has 1 amide bonds. The summed E-state index contributed by atoms with van der Waals surface area (Å²) in [6, 6.07) is 2.91. The minimum Gasteiger partial charge on any atom is -0.493 e. The van der Waals surface area contributed by atoms with E-state index < -0.39 is 24.8 Å². The molecule has 0 radical (unpaired) electrons. The zero-order valence-electron chi connectivity index (χ0n) is 13.1. The molecule has 0 aromatic heterocycles. The van der Waals surface area contributed by atoms with Gasteiger partial charge in [-0.1, -0.05) is 0 Å². The Bertz CT molecular complexity index is 523. The highest BCUT2D eigenvalue weighted by molar-refractivity contribution is 5.94. The SMILES string of the molecule is COc1cc(NC(=O)[C@H](C)OCC(F)(F)F)cc(OC)c1OC. The first-order valence-corrected chi connectivity index (χ1v) is 6.51. The molecule has 1 aromatic carbocycles. The molecule has 0 bridgehead atoms. The number of ether oxygens (including phenoxy) is 4. The first-order valence-electron chi connectivity index (χ1n) is 6.51. The van der Waals surface area contributed by atoms with E-state index in [2.05, 4.69) is 10.1 Å². The van der Waals surface area contributed by atoms with Gasteiger partial charge in [-0.2, -0.15) is 13.2 Å². The van der Waals surface area contributed by atoms with Gasteiger partial charge in [0.2, 0.25) is 5.75 Å². The van der Waals surface area contributed by atoms with Crippen LogP contribution in [0.3, 0.4) is 0 Å². The van der Waals surface area contributed by atoms with E-state index in [9.17, 15) is 18.0 Å². The average molecular weight is 337 g/mol. The maximum Gasteiger partial charge on any atom is 0.411 e. The molecule has 6 nitrogen and oxygen atoms in total. The maximum atomic E-state index is 12.1. The van der Waals surface area contributed by atoms with Crippen LogP contribution in [0.2, 0.25) is 0 Å². The first-order chi connectivity index (χ1) is 10.7. The summed E-state index contributed by atoms with van der Waals surface area (Å²) in [6.45, 7) is -0.282. The smallest absolute Gasteiger partial charge is 0.411 e. The number of carbonyl (C=O) groups excluding carboxylic acids is 1. The van der Waals surface area contributed by atoms with Crippen molar-refractivity contribution in [3.8, 4) is 17.2 Å². The quantitative estimate of drug-likeness (QED) is 0.828. The van der Waals surface area contributed by atoms with E-state index in [1.165, 1.54) is 40.4 Å². The fourth-order valence-electron chi connectivity index (χ4n) is 1.69. The summed E-state index contributed by atoms with van der Waals surface area (Å²) in [6.07, 6.45) is -5.78. The minimum absolute atomic E-state index is 0.270. The Balaban J connectivity index is 2.85. The molecule has 0 aliphatic carbocycles. The topological polar surface area (TPSA) is 66.0 Å². The number of hydrogen-bond donors (Lipinski definition) is 1. The number of carbonyl (C=O) groups is 1. The highest BCUT2D eigenvalue weighted by atomic mass is 19.4. The summed E-state index contributed by atoms with van der Waals surface area (Å²) in [5.74, 6) is 0.190. The van der Waals surface area contributed by atoms with E-state index in [1.807, 2.05) is 0 Å². The summed E-state index contributed by atoms with van der Waals surface area (Å²) in [7, 11) is 4.22. The number of halogens is 3. The van der Waals surface area contributed by atoms with Crippen LogP contribution < -0.4 is 19.5 Å². The second-order valence-electron chi connectivity index (χ2n) is 4.47. The summed E-state index contributed by atoms with van der Waals surface area (Å²) >= 11 is 0. The summed E-state index contributed by atoms with van der Waals surface area (Å²) in [5.41, 5.74) is 0.270. The number of amides is 1. The van der Waals surface area contributed by atoms with Gasteiger partial charge in [0.05, 0.1) is 21.3 Å². The molecule has 1 aromatic rings. The van der Waals surface area contributed by atoms with E-state index >= 15 is 0 Å². The molecule has 0 spiro atoms. The average Bonchev–Trinajstić information content (AvgIpc) is 2.50. The molecule has 130 valence electrons. The zero-order chi connectivity index (χ0) is 17.6. The largest absolute Gasteiger partial charge is 0.493 e. The molecule has 0 saturated carbocycles. The van der Waals surface area contributed by atoms with Gasteiger partial charge in [0, 0.05) is 17.8 Å². The Hall–Kier alpha value is -2.16. The second-order valence-corrected chi connectivity index (χ2v) is 4.47. The van der Waals surface area contributed by atoms with E-state index in [0.29, 0.717) is 17.2 Å². The van der Waals surface area contributed by atoms with E-state index in [0.717, 1.165) is 0 Å². The van der Waals surface area contributed by atoms with Crippen LogP contribution in [0, 0.1) is 0 Å². The predicted octanol–water partition coefficient (Wildman–Crippen LogP) is 2.62. The van der Waals surface area contributed by atoms with Gasteiger partial charge in [-0.15, -0.1) is 0 Å². The molecule has 0 unspecified atom stereocenters. The lowest BCUT2D eigenvalue weighted by Gasteiger charge is -2.17. The molecule has 23 heavy (non-hydrogen) atoms. The highest BCUT2D eigenvalue weighted by Crippen LogP contribution is 2.39. The van der Waals surface area contributed by atoms with Crippen molar-refractivity contribution in [2.45, 2.75) is 19.2 Å². The van der Waals surface area contributed by atoms with Gasteiger partial charge in [-0.25, -0.2) is 0 Å². The Labute approximate surface area is 131 Å². The fourth-order valence-corrected chi connectivity index (χ4v) is 1.69. The van der Waals surface area contributed by atoms with Crippen molar-refractivity contribution in [3.05, 3.63) is 12.1 Å². The number of hydrogen-bond acceptors (Lipinski definition) is 5. The lowest BCUT2D eigenvalue weighted by molar-refractivity contribution is -0.184. The van der Waals surface area contributed by atoms with Crippen LogP contribution in [0.25, 0.3) is 0 Å². The van der Waals surface area contributed by atoms with E-state index in [-0.39, 0.29) is 5.69 Å². The fraction of sp³-hybridized carbons (Fsp3) is 0.500. The Morgan fingerprint density at radius 1 is 1.13 bits per heavy atom. The number of methoxy groups -OCH3 is 3. The maximum absolute atomic E-state index is 12.1. The molecule has 0 fully saturated rings. The van der Waals surface area contributed by atoms with Gasteiger partial charge in [0.15, 0.2) is 11.5 Å². The van der Waals surface area contributed by atoms with Gasteiger partial charge >= 0.3 is 6.18 Å². The van der Waals surface area contributed by atoms with Gasteiger partial charge in [-0.3, -0.25) is 4.79 Å². The van der Waals surface area contributed by atoms with Crippen LogP contribution in [0.4, 0.5) is 18.9 Å². The molecular formula is C14H18F3NO5. The predicted molar refractivity (Wildman–Crippen MR) is 76.2 cm³/mol. The van der Waals surface area contributed by atoms with Crippen molar-refractivity contribution < 1.29 is 36.9 Å². The van der Waals surface area contributed by atoms with Gasteiger partial charge in [0.25, 0.3) is 5.91 Å². The zero-order valence-corrected chi connectivity index (χ0v) is 13.1. The number of alkyl halides is 3. The lowest BCUT2D eigenvalue weighted by Crippen LogP contribution is -2.31. The van der Waals surface area contributed by atoms with Crippen LogP contribution in [0.5, 0.6) is 17.2 Å². The van der Waals surface area contributed by atoms with E-state index in [4.69, 9.17) is 14.2 Å². The third-order valence-corrected chi connectivity index (χ3v) is 2.80. The van der Waals surface area contributed by atoms with Crippen molar-refractivity contribution in [2.75, 3.05) is 33.3 Å². The van der Waals surface area contributed by atoms with Crippen LogP contribution in [0.15, 0.2) is 12.1 Å². The molecule has 9 heteroatoms. The number of rotatable bonds is 7.